The molecule has 0 spiro atoms. The lowest BCUT2D eigenvalue weighted by Gasteiger charge is -2.22. The van der Waals surface area contributed by atoms with E-state index in [-0.39, 0.29) is 18.5 Å². The summed E-state index contributed by atoms with van der Waals surface area (Å²) in [5.74, 6) is -0.0139. The molecule has 2 atom stereocenters. The number of carbonyl (C=O) groups is 2. The number of nitrogens with one attached hydrogen (secondary N) is 1. The van der Waals surface area contributed by atoms with Gasteiger partial charge in [-0.05, 0) is 25.7 Å². The molecule has 0 aliphatic heterocycles. The highest BCUT2D eigenvalue weighted by atomic mass is 16.5. The zero-order valence-corrected chi connectivity index (χ0v) is 46.4. The third kappa shape index (κ3) is 54.2. The highest BCUT2D eigenvalue weighted by molar-refractivity contribution is 5.76. The molecule has 0 radical (unpaired) electrons. The standard InChI is InChI=1S/C62H123NO5/c1-3-5-7-9-11-13-15-17-18-29-32-36-40-44-48-52-56-62(67)68-57-53-49-45-41-37-33-30-27-25-23-21-19-20-22-24-26-28-31-35-39-43-47-51-55-61(66)63-59(58-64)60(65)54-50-46-42-38-34-16-14-12-10-8-6-4-2/h59-60,64-65H,3-58H2,1-2H3,(H,63,66). The molecule has 406 valence electrons. The molecular weight excluding hydrogens is 839 g/mol. The molecule has 0 rings (SSSR count). The minimum absolute atomic E-state index is 0.0188. The van der Waals surface area contributed by atoms with Crippen molar-refractivity contribution in [3.8, 4) is 0 Å². The summed E-state index contributed by atoms with van der Waals surface area (Å²) in [4.78, 5) is 24.5. The van der Waals surface area contributed by atoms with Crippen LogP contribution < -0.4 is 5.32 Å². The van der Waals surface area contributed by atoms with E-state index in [1.54, 1.807) is 0 Å². The Morgan fingerprint density at radius 2 is 0.603 bits per heavy atom. The predicted molar refractivity (Wildman–Crippen MR) is 297 cm³/mol. The normalized spacial score (nSPS) is 12.5. The van der Waals surface area contributed by atoms with Gasteiger partial charge in [0.05, 0.1) is 25.4 Å². The number of hydrogen-bond acceptors (Lipinski definition) is 5. The average Bonchev–Trinajstić information content (AvgIpc) is 3.34. The largest absolute Gasteiger partial charge is 0.466 e. The van der Waals surface area contributed by atoms with Gasteiger partial charge in [-0.3, -0.25) is 9.59 Å². The van der Waals surface area contributed by atoms with Crippen molar-refractivity contribution in [1.29, 1.82) is 0 Å². The zero-order chi connectivity index (χ0) is 49.3. The molecule has 0 fully saturated rings. The van der Waals surface area contributed by atoms with Crippen LogP contribution in [0.1, 0.15) is 361 Å². The second-order valence-corrected chi connectivity index (χ2v) is 21.8. The average molecular weight is 963 g/mol. The van der Waals surface area contributed by atoms with E-state index in [9.17, 15) is 19.8 Å². The summed E-state index contributed by atoms with van der Waals surface area (Å²) in [6.45, 7) is 4.98. The highest BCUT2D eigenvalue weighted by Gasteiger charge is 2.20. The Hall–Kier alpha value is -1.14. The van der Waals surface area contributed by atoms with Crippen LogP contribution in [0.3, 0.4) is 0 Å². The minimum atomic E-state index is -0.661. The Labute approximate surface area is 426 Å². The maximum Gasteiger partial charge on any atom is 0.305 e. The lowest BCUT2D eigenvalue weighted by atomic mass is 10.0. The Balaban J connectivity index is 3.33. The maximum atomic E-state index is 12.5. The van der Waals surface area contributed by atoms with Crippen molar-refractivity contribution in [3.63, 3.8) is 0 Å². The molecule has 1 amide bonds. The molecule has 6 nitrogen and oxygen atoms in total. The summed E-state index contributed by atoms with van der Waals surface area (Å²) in [5.41, 5.74) is 0. The summed E-state index contributed by atoms with van der Waals surface area (Å²) in [6.07, 6.45) is 68.3. The monoisotopic (exact) mass is 962 g/mol. The zero-order valence-electron chi connectivity index (χ0n) is 46.4. The summed E-state index contributed by atoms with van der Waals surface area (Å²) >= 11 is 0. The third-order valence-corrected chi connectivity index (χ3v) is 14.9. The van der Waals surface area contributed by atoms with E-state index in [2.05, 4.69) is 19.2 Å². The van der Waals surface area contributed by atoms with Crippen molar-refractivity contribution < 1.29 is 24.5 Å². The summed E-state index contributed by atoms with van der Waals surface area (Å²) in [5, 5.41) is 23.2. The van der Waals surface area contributed by atoms with Crippen LogP contribution in [0.15, 0.2) is 0 Å². The molecule has 3 N–H and O–H groups in total. The van der Waals surface area contributed by atoms with Gasteiger partial charge in [0.1, 0.15) is 0 Å². The molecule has 0 bridgehead atoms. The summed E-state index contributed by atoms with van der Waals surface area (Å²) in [6, 6.07) is -0.538. The molecule has 6 heteroatoms. The number of carbonyl (C=O) groups excluding carboxylic acids is 2. The van der Waals surface area contributed by atoms with E-state index in [1.165, 1.54) is 289 Å². The van der Waals surface area contributed by atoms with Crippen molar-refractivity contribution in [3.05, 3.63) is 0 Å². The Kier molecular flexibility index (Phi) is 57.5. The van der Waals surface area contributed by atoms with Gasteiger partial charge in [0.25, 0.3) is 0 Å². The first-order valence-corrected chi connectivity index (χ1v) is 31.3. The van der Waals surface area contributed by atoms with E-state index in [4.69, 9.17) is 4.74 Å². The number of amides is 1. The quantitative estimate of drug-likeness (QED) is 0.0417. The van der Waals surface area contributed by atoms with Crippen molar-refractivity contribution in [2.24, 2.45) is 0 Å². The molecule has 2 unspecified atom stereocenters. The second kappa shape index (κ2) is 58.4. The molecule has 0 saturated carbocycles. The number of esters is 1. The fraction of sp³-hybridized carbons (Fsp3) is 0.968. The van der Waals surface area contributed by atoms with Crippen LogP contribution >= 0.6 is 0 Å². The van der Waals surface area contributed by atoms with Gasteiger partial charge >= 0.3 is 5.97 Å². The molecule has 0 aromatic heterocycles. The SMILES string of the molecule is CCCCCCCCCCCCCCCCCCC(=O)OCCCCCCCCCCCCCCCCCCCCCCCCCC(=O)NC(CO)C(O)CCCCCCCCCCCCCC. The van der Waals surface area contributed by atoms with Gasteiger partial charge in [-0.15, -0.1) is 0 Å². The lowest BCUT2D eigenvalue weighted by molar-refractivity contribution is -0.143. The van der Waals surface area contributed by atoms with E-state index < -0.39 is 12.1 Å². The van der Waals surface area contributed by atoms with Gasteiger partial charge in [-0.1, -0.05) is 322 Å². The van der Waals surface area contributed by atoms with Crippen molar-refractivity contribution >= 4 is 11.9 Å². The van der Waals surface area contributed by atoms with Crippen LogP contribution in [0.5, 0.6) is 0 Å². The Morgan fingerprint density at radius 3 is 0.897 bits per heavy atom. The van der Waals surface area contributed by atoms with E-state index in [0.717, 1.165) is 38.5 Å². The maximum absolute atomic E-state index is 12.5. The van der Waals surface area contributed by atoms with Gasteiger partial charge in [-0.25, -0.2) is 0 Å². The highest BCUT2D eigenvalue weighted by Crippen LogP contribution is 2.19. The first-order valence-electron chi connectivity index (χ1n) is 31.3. The van der Waals surface area contributed by atoms with Crippen molar-refractivity contribution in [2.75, 3.05) is 13.2 Å². The van der Waals surface area contributed by atoms with Crippen LogP contribution in [-0.2, 0) is 14.3 Å². The second-order valence-electron chi connectivity index (χ2n) is 21.8. The van der Waals surface area contributed by atoms with E-state index >= 15 is 0 Å². The van der Waals surface area contributed by atoms with Crippen LogP contribution in [0, 0.1) is 0 Å². The topological polar surface area (TPSA) is 95.9 Å². The molecule has 0 heterocycles. The number of unbranched alkanes of at least 4 members (excludes halogenated alkanes) is 48. The van der Waals surface area contributed by atoms with E-state index in [0.29, 0.717) is 25.9 Å². The molecule has 68 heavy (non-hydrogen) atoms. The first-order chi connectivity index (χ1) is 33.5. The van der Waals surface area contributed by atoms with Crippen LogP contribution in [0.4, 0.5) is 0 Å². The van der Waals surface area contributed by atoms with Gasteiger partial charge in [0.15, 0.2) is 0 Å². The number of hydrogen-bond donors (Lipinski definition) is 3. The summed E-state index contributed by atoms with van der Waals surface area (Å²) < 4.78 is 5.50. The first kappa shape index (κ1) is 66.9. The van der Waals surface area contributed by atoms with Gasteiger partial charge in [-0.2, -0.15) is 0 Å². The van der Waals surface area contributed by atoms with Crippen molar-refractivity contribution in [2.45, 2.75) is 373 Å². The molecule has 0 aromatic carbocycles. The third-order valence-electron chi connectivity index (χ3n) is 14.9. The Bertz CT molecular complexity index is 975. The number of ether oxygens (including phenoxy) is 1. The van der Waals surface area contributed by atoms with Crippen molar-refractivity contribution in [1.82, 2.24) is 5.32 Å². The van der Waals surface area contributed by atoms with Crippen LogP contribution in [0.2, 0.25) is 0 Å². The Morgan fingerprint density at radius 1 is 0.353 bits per heavy atom. The molecule has 0 saturated heterocycles. The fourth-order valence-corrected chi connectivity index (χ4v) is 10.1. The smallest absolute Gasteiger partial charge is 0.305 e. The van der Waals surface area contributed by atoms with Gasteiger partial charge in [0.2, 0.25) is 5.91 Å². The van der Waals surface area contributed by atoms with Crippen LogP contribution in [0.25, 0.3) is 0 Å². The molecule has 0 aromatic rings. The van der Waals surface area contributed by atoms with Crippen LogP contribution in [-0.4, -0.2) is 47.4 Å². The predicted octanol–water partition coefficient (Wildman–Crippen LogP) is 19.5. The lowest BCUT2D eigenvalue weighted by Crippen LogP contribution is -2.45. The number of rotatable bonds is 59. The van der Waals surface area contributed by atoms with E-state index in [1.807, 2.05) is 0 Å². The molecular formula is C62H123NO5. The molecule has 0 aliphatic carbocycles. The molecule has 0 aliphatic rings. The summed E-state index contributed by atoms with van der Waals surface area (Å²) in [7, 11) is 0. The number of aliphatic hydroxyl groups is 2. The number of aliphatic hydroxyl groups excluding tert-OH is 2. The van der Waals surface area contributed by atoms with Gasteiger partial charge in [0, 0.05) is 12.8 Å². The van der Waals surface area contributed by atoms with Gasteiger partial charge < -0.3 is 20.3 Å². The fourth-order valence-electron chi connectivity index (χ4n) is 10.1. The minimum Gasteiger partial charge on any atom is -0.466 e.